The molecule has 16 heavy (non-hydrogen) atoms. The number of hydrogen-bond acceptors (Lipinski definition) is 1. The summed E-state index contributed by atoms with van der Waals surface area (Å²) in [5.74, 6) is 0. The van der Waals surface area contributed by atoms with Gasteiger partial charge in [-0.15, -0.1) is 0 Å². The highest BCUT2D eigenvalue weighted by Gasteiger charge is 2.29. The van der Waals surface area contributed by atoms with Gasteiger partial charge in [-0.2, -0.15) is 0 Å². The molecule has 1 fully saturated rings. The lowest BCUT2D eigenvalue weighted by molar-refractivity contribution is 0.243. The van der Waals surface area contributed by atoms with E-state index in [4.69, 9.17) is 11.6 Å². The minimum absolute atomic E-state index is 0.308. The van der Waals surface area contributed by atoms with Crippen molar-refractivity contribution in [3.63, 3.8) is 0 Å². The van der Waals surface area contributed by atoms with Gasteiger partial charge < -0.3 is 5.32 Å². The Labute approximate surface area is 103 Å². The van der Waals surface area contributed by atoms with Crippen LogP contribution in [-0.2, 0) is 6.42 Å². The molecule has 1 aliphatic heterocycles. The van der Waals surface area contributed by atoms with Crippen molar-refractivity contribution in [2.75, 3.05) is 6.54 Å². The van der Waals surface area contributed by atoms with E-state index in [1.807, 2.05) is 12.1 Å². The van der Waals surface area contributed by atoms with Crippen LogP contribution in [0.25, 0.3) is 0 Å². The number of hydrogen-bond donors (Lipinski definition) is 1. The molecule has 0 aliphatic carbocycles. The smallest absolute Gasteiger partial charge is 0.0408 e. The van der Waals surface area contributed by atoms with Crippen molar-refractivity contribution in [3.05, 3.63) is 34.9 Å². The summed E-state index contributed by atoms with van der Waals surface area (Å²) in [7, 11) is 0. The Hall–Kier alpha value is -0.530. The Morgan fingerprint density at radius 1 is 1.38 bits per heavy atom. The van der Waals surface area contributed by atoms with Crippen molar-refractivity contribution in [1.29, 1.82) is 0 Å². The third-order valence-corrected chi connectivity index (χ3v) is 3.93. The van der Waals surface area contributed by atoms with Crippen LogP contribution in [0, 0.1) is 0 Å². The Balaban J connectivity index is 2.11. The van der Waals surface area contributed by atoms with Crippen LogP contribution in [-0.4, -0.2) is 12.1 Å². The van der Waals surface area contributed by atoms with Crippen molar-refractivity contribution in [3.8, 4) is 0 Å². The lowest BCUT2D eigenvalue weighted by Crippen LogP contribution is -2.49. The highest BCUT2D eigenvalue weighted by atomic mass is 35.5. The summed E-state index contributed by atoms with van der Waals surface area (Å²) in [6, 6.07) is 8.26. The fraction of sp³-hybridized carbons (Fsp3) is 0.571. The van der Waals surface area contributed by atoms with E-state index in [0.717, 1.165) is 18.0 Å². The second-order valence-electron chi connectivity index (χ2n) is 4.82. The quantitative estimate of drug-likeness (QED) is 0.843. The second kappa shape index (κ2) is 5.20. The van der Waals surface area contributed by atoms with Crippen molar-refractivity contribution in [2.24, 2.45) is 0 Å². The fourth-order valence-corrected chi connectivity index (χ4v) is 2.86. The molecule has 0 bridgehead atoms. The van der Waals surface area contributed by atoms with Crippen LogP contribution in [0.3, 0.4) is 0 Å². The molecule has 1 atom stereocenters. The van der Waals surface area contributed by atoms with E-state index in [2.05, 4.69) is 24.4 Å². The molecule has 2 heteroatoms. The molecular formula is C14H20ClN. The molecule has 1 nitrogen and oxygen atoms in total. The molecule has 0 aromatic heterocycles. The highest BCUT2D eigenvalue weighted by Crippen LogP contribution is 2.27. The fourth-order valence-electron chi connectivity index (χ4n) is 2.65. The lowest BCUT2D eigenvalue weighted by atomic mass is 9.81. The van der Waals surface area contributed by atoms with E-state index >= 15 is 0 Å². The molecule has 88 valence electrons. The van der Waals surface area contributed by atoms with E-state index in [1.165, 1.54) is 31.2 Å². The van der Waals surface area contributed by atoms with Crippen LogP contribution >= 0.6 is 11.6 Å². The molecule has 0 radical (unpaired) electrons. The van der Waals surface area contributed by atoms with Crippen molar-refractivity contribution in [1.82, 2.24) is 5.32 Å². The van der Waals surface area contributed by atoms with Gasteiger partial charge in [0.15, 0.2) is 0 Å². The molecule has 1 unspecified atom stereocenters. The first-order valence-corrected chi connectivity index (χ1v) is 6.61. The average molecular weight is 238 g/mol. The monoisotopic (exact) mass is 237 g/mol. The molecule has 1 aromatic rings. The SMILES string of the molecule is CCC1(Cc2cccc(Cl)c2)CCCCN1. The van der Waals surface area contributed by atoms with Gasteiger partial charge in [0.25, 0.3) is 0 Å². The normalized spacial score (nSPS) is 25.6. The summed E-state index contributed by atoms with van der Waals surface area (Å²) in [4.78, 5) is 0. The predicted octanol–water partition coefficient (Wildman–Crippen LogP) is 3.80. The van der Waals surface area contributed by atoms with Crippen LogP contribution in [0.2, 0.25) is 5.02 Å². The van der Waals surface area contributed by atoms with Gasteiger partial charge in [-0.25, -0.2) is 0 Å². The number of halogens is 1. The third-order valence-electron chi connectivity index (χ3n) is 3.69. The average Bonchev–Trinajstić information content (AvgIpc) is 2.30. The van der Waals surface area contributed by atoms with Crippen LogP contribution < -0.4 is 5.32 Å². The van der Waals surface area contributed by atoms with Crippen molar-refractivity contribution in [2.45, 2.75) is 44.6 Å². The van der Waals surface area contributed by atoms with E-state index in [0.29, 0.717) is 5.54 Å². The van der Waals surface area contributed by atoms with Gasteiger partial charge in [0, 0.05) is 10.6 Å². The molecule has 1 aliphatic rings. The summed E-state index contributed by atoms with van der Waals surface area (Å²) >= 11 is 6.03. The van der Waals surface area contributed by atoms with Gasteiger partial charge in [0.2, 0.25) is 0 Å². The van der Waals surface area contributed by atoms with Gasteiger partial charge in [0.1, 0.15) is 0 Å². The number of nitrogens with one attached hydrogen (secondary N) is 1. The summed E-state index contributed by atoms with van der Waals surface area (Å²) < 4.78 is 0. The second-order valence-corrected chi connectivity index (χ2v) is 5.26. The molecule has 0 amide bonds. The van der Waals surface area contributed by atoms with Gasteiger partial charge in [0.05, 0.1) is 0 Å². The van der Waals surface area contributed by atoms with Crippen molar-refractivity contribution < 1.29 is 0 Å². The molecule has 1 saturated heterocycles. The predicted molar refractivity (Wildman–Crippen MR) is 70.0 cm³/mol. The van der Waals surface area contributed by atoms with Gasteiger partial charge in [-0.05, 0) is 49.9 Å². The molecule has 2 rings (SSSR count). The van der Waals surface area contributed by atoms with Crippen LogP contribution in [0.15, 0.2) is 24.3 Å². The van der Waals surface area contributed by atoms with Crippen LogP contribution in [0.1, 0.15) is 38.2 Å². The summed E-state index contributed by atoms with van der Waals surface area (Å²) in [6.45, 7) is 3.44. The standard InChI is InChI=1S/C14H20ClN/c1-2-14(8-3-4-9-16-14)11-12-6-5-7-13(15)10-12/h5-7,10,16H,2-4,8-9,11H2,1H3. The van der Waals surface area contributed by atoms with Crippen LogP contribution in [0.4, 0.5) is 0 Å². The van der Waals surface area contributed by atoms with Crippen LogP contribution in [0.5, 0.6) is 0 Å². The summed E-state index contributed by atoms with van der Waals surface area (Å²) in [5.41, 5.74) is 1.66. The van der Waals surface area contributed by atoms with Crippen molar-refractivity contribution >= 4 is 11.6 Å². The zero-order valence-electron chi connectivity index (χ0n) is 9.93. The maximum atomic E-state index is 6.03. The highest BCUT2D eigenvalue weighted by molar-refractivity contribution is 6.30. The molecule has 1 N–H and O–H groups in total. The molecule has 0 saturated carbocycles. The van der Waals surface area contributed by atoms with Gasteiger partial charge in [-0.3, -0.25) is 0 Å². The Kier molecular flexibility index (Phi) is 3.88. The number of benzene rings is 1. The minimum Gasteiger partial charge on any atom is -0.311 e. The maximum Gasteiger partial charge on any atom is 0.0408 e. The lowest BCUT2D eigenvalue weighted by Gasteiger charge is -2.38. The molecule has 0 spiro atoms. The summed E-state index contributed by atoms with van der Waals surface area (Å²) in [6.07, 6.45) is 6.25. The number of rotatable bonds is 3. The molecule has 1 heterocycles. The van der Waals surface area contributed by atoms with E-state index in [1.54, 1.807) is 0 Å². The first kappa shape index (κ1) is 11.9. The van der Waals surface area contributed by atoms with E-state index < -0.39 is 0 Å². The molecule has 1 aromatic carbocycles. The van der Waals surface area contributed by atoms with E-state index in [9.17, 15) is 0 Å². The Morgan fingerprint density at radius 2 is 2.25 bits per heavy atom. The largest absolute Gasteiger partial charge is 0.311 e. The van der Waals surface area contributed by atoms with E-state index in [-0.39, 0.29) is 0 Å². The zero-order chi connectivity index (χ0) is 11.4. The third kappa shape index (κ3) is 2.78. The minimum atomic E-state index is 0.308. The number of piperidine rings is 1. The zero-order valence-corrected chi connectivity index (χ0v) is 10.7. The first-order chi connectivity index (χ1) is 7.74. The van der Waals surface area contributed by atoms with Gasteiger partial charge >= 0.3 is 0 Å². The maximum absolute atomic E-state index is 6.03. The van der Waals surface area contributed by atoms with Gasteiger partial charge in [-0.1, -0.05) is 37.1 Å². The first-order valence-electron chi connectivity index (χ1n) is 6.24. The molecular weight excluding hydrogens is 218 g/mol. The Morgan fingerprint density at radius 3 is 2.88 bits per heavy atom. The topological polar surface area (TPSA) is 12.0 Å². The summed E-state index contributed by atoms with van der Waals surface area (Å²) in [5, 5.41) is 4.55. The Bertz CT molecular complexity index is 342.